The van der Waals surface area contributed by atoms with Gasteiger partial charge in [-0.1, -0.05) is 41.9 Å². The van der Waals surface area contributed by atoms with Crippen LogP contribution < -0.4 is 0 Å². The Labute approximate surface area is 96.5 Å². The monoisotopic (exact) mass is 234 g/mol. The van der Waals surface area contributed by atoms with Crippen molar-refractivity contribution in [1.29, 1.82) is 0 Å². The van der Waals surface area contributed by atoms with Crippen molar-refractivity contribution >= 4 is 17.6 Å². The van der Waals surface area contributed by atoms with Crippen LogP contribution in [0.15, 0.2) is 36.5 Å². The number of nitrogens with zero attached hydrogens (tertiary/aromatic N) is 2. The van der Waals surface area contributed by atoms with Crippen LogP contribution in [0.1, 0.15) is 10.4 Å². The smallest absolute Gasteiger partial charge is 0.339 e. The van der Waals surface area contributed by atoms with E-state index < -0.39 is 5.97 Å². The normalized spacial score (nSPS) is 10.1. The van der Waals surface area contributed by atoms with Crippen LogP contribution in [0.2, 0.25) is 5.15 Å². The van der Waals surface area contributed by atoms with Gasteiger partial charge in [0.05, 0.1) is 6.20 Å². The van der Waals surface area contributed by atoms with Gasteiger partial charge in [-0.15, -0.1) is 5.10 Å². The lowest BCUT2D eigenvalue weighted by atomic mass is 10.0. The molecule has 2 rings (SSSR count). The second-order valence-electron chi connectivity index (χ2n) is 3.10. The van der Waals surface area contributed by atoms with Gasteiger partial charge in [0.15, 0.2) is 5.15 Å². The summed E-state index contributed by atoms with van der Waals surface area (Å²) in [6, 6.07) is 9.06. The molecule has 0 fully saturated rings. The topological polar surface area (TPSA) is 63.1 Å². The maximum Gasteiger partial charge on any atom is 0.339 e. The largest absolute Gasteiger partial charge is 0.478 e. The molecule has 0 spiro atoms. The molecule has 0 aliphatic rings. The first kappa shape index (κ1) is 10.6. The minimum Gasteiger partial charge on any atom is -0.478 e. The van der Waals surface area contributed by atoms with E-state index in [4.69, 9.17) is 16.7 Å². The molecule has 0 unspecified atom stereocenters. The van der Waals surface area contributed by atoms with Gasteiger partial charge in [0.2, 0.25) is 0 Å². The van der Waals surface area contributed by atoms with E-state index in [0.29, 0.717) is 5.56 Å². The van der Waals surface area contributed by atoms with E-state index in [1.54, 1.807) is 12.1 Å². The number of benzene rings is 1. The average molecular weight is 235 g/mol. The highest BCUT2D eigenvalue weighted by atomic mass is 35.5. The molecule has 0 radical (unpaired) electrons. The Kier molecular flexibility index (Phi) is 2.83. The summed E-state index contributed by atoms with van der Waals surface area (Å²) in [5, 5.41) is 16.1. The molecule has 0 bridgehead atoms. The Morgan fingerprint density at radius 1 is 1.25 bits per heavy atom. The van der Waals surface area contributed by atoms with Crippen LogP contribution in [-0.2, 0) is 0 Å². The number of aromatic nitrogens is 2. The van der Waals surface area contributed by atoms with Crippen molar-refractivity contribution in [3.8, 4) is 11.1 Å². The van der Waals surface area contributed by atoms with E-state index in [1.165, 1.54) is 6.20 Å². The third-order valence-corrected chi connectivity index (χ3v) is 2.37. The van der Waals surface area contributed by atoms with E-state index in [1.807, 2.05) is 18.2 Å². The molecule has 1 N–H and O–H groups in total. The van der Waals surface area contributed by atoms with Crippen molar-refractivity contribution in [3.63, 3.8) is 0 Å². The zero-order chi connectivity index (χ0) is 11.5. The van der Waals surface area contributed by atoms with Crippen LogP contribution in [0.3, 0.4) is 0 Å². The summed E-state index contributed by atoms with van der Waals surface area (Å²) in [5.41, 5.74) is 1.19. The number of halogens is 1. The summed E-state index contributed by atoms with van der Waals surface area (Å²) in [4.78, 5) is 11.1. The molecule has 80 valence electrons. The fraction of sp³-hybridized carbons (Fsp3) is 0. The molecule has 1 aromatic carbocycles. The molecule has 0 atom stereocenters. The first-order valence-corrected chi connectivity index (χ1v) is 4.88. The summed E-state index contributed by atoms with van der Waals surface area (Å²) in [6.07, 6.45) is 1.39. The Balaban J connectivity index is 2.66. The number of rotatable bonds is 2. The lowest BCUT2D eigenvalue weighted by molar-refractivity contribution is 0.0697. The van der Waals surface area contributed by atoms with Crippen LogP contribution in [0.5, 0.6) is 0 Å². The zero-order valence-electron chi connectivity index (χ0n) is 8.09. The first-order chi connectivity index (χ1) is 7.70. The Morgan fingerprint density at radius 3 is 2.56 bits per heavy atom. The van der Waals surface area contributed by atoms with E-state index in [2.05, 4.69) is 10.2 Å². The maximum atomic E-state index is 11.1. The first-order valence-electron chi connectivity index (χ1n) is 4.50. The van der Waals surface area contributed by atoms with Crippen LogP contribution in [-0.4, -0.2) is 21.3 Å². The van der Waals surface area contributed by atoms with Gasteiger partial charge in [-0.2, -0.15) is 5.10 Å². The molecule has 2 aromatic rings. The van der Waals surface area contributed by atoms with Gasteiger partial charge in [-0.05, 0) is 5.56 Å². The lowest BCUT2D eigenvalue weighted by Gasteiger charge is -2.05. The Bertz CT molecular complexity index is 529. The fourth-order valence-electron chi connectivity index (χ4n) is 1.40. The van der Waals surface area contributed by atoms with Crippen molar-refractivity contribution in [3.05, 3.63) is 47.2 Å². The lowest BCUT2D eigenvalue weighted by Crippen LogP contribution is -2.03. The Morgan fingerprint density at radius 2 is 1.94 bits per heavy atom. The van der Waals surface area contributed by atoms with E-state index in [9.17, 15) is 4.79 Å². The quantitative estimate of drug-likeness (QED) is 0.867. The summed E-state index contributed by atoms with van der Waals surface area (Å²) in [7, 11) is 0. The number of hydrogen-bond donors (Lipinski definition) is 1. The molecule has 0 saturated carbocycles. The molecule has 5 heteroatoms. The van der Waals surface area contributed by atoms with Crippen LogP contribution in [0, 0.1) is 0 Å². The minimum atomic E-state index is -1.11. The molecule has 0 amide bonds. The van der Waals surface area contributed by atoms with Gasteiger partial charge in [0, 0.05) is 5.56 Å². The van der Waals surface area contributed by atoms with Gasteiger partial charge in [-0.25, -0.2) is 4.79 Å². The predicted octanol–water partition coefficient (Wildman–Crippen LogP) is 2.50. The minimum absolute atomic E-state index is 0.0251. The Hall–Kier alpha value is -1.94. The van der Waals surface area contributed by atoms with Gasteiger partial charge in [0.25, 0.3) is 0 Å². The second kappa shape index (κ2) is 4.28. The highest BCUT2D eigenvalue weighted by molar-refractivity contribution is 6.33. The third kappa shape index (κ3) is 1.87. The third-order valence-electron chi connectivity index (χ3n) is 2.11. The molecular formula is C11H7ClN2O2. The summed E-state index contributed by atoms with van der Waals surface area (Å²) in [6.45, 7) is 0. The molecule has 1 aromatic heterocycles. The van der Waals surface area contributed by atoms with Crippen molar-refractivity contribution in [2.75, 3.05) is 0 Å². The van der Waals surface area contributed by atoms with E-state index >= 15 is 0 Å². The summed E-state index contributed by atoms with van der Waals surface area (Å²) >= 11 is 5.72. The molecule has 16 heavy (non-hydrogen) atoms. The van der Waals surface area contributed by atoms with Gasteiger partial charge >= 0.3 is 5.97 Å². The maximum absolute atomic E-state index is 11.1. The number of carbonyl (C=O) groups is 1. The molecule has 4 nitrogen and oxygen atoms in total. The number of carboxylic acid groups (broad SMARTS) is 1. The van der Waals surface area contributed by atoms with Crippen LogP contribution in [0.25, 0.3) is 11.1 Å². The fourth-order valence-corrected chi connectivity index (χ4v) is 1.63. The average Bonchev–Trinajstić information content (AvgIpc) is 2.29. The number of aromatic carboxylic acids is 1. The molecule has 1 heterocycles. The van der Waals surface area contributed by atoms with Crippen molar-refractivity contribution in [1.82, 2.24) is 10.2 Å². The molecule has 0 aliphatic heterocycles. The van der Waals surface area contributed by atoms with Crippen molar-refractivity contribution in [2.24, 2.45) is 0 Å². The number of hydrogen-bond acceptors (Lipinski definition) is 3. The van der Waals surface area contributed by atoms with Crippen LogP contribution in [0.4, 0.5) is 0 Å². The van der Waals surface area contributed by atoms with Crippen LogP contribution >= 0.6 is 11.6 Å². The van der Waals surface area contributed by atoms with E-state index in [-0.39, 0.29) is 10.7 Å². The standard InChI is InChI=1S/C11H7ClN2O2/c12-10-9(11(15)16)8(6-13-14-10)7-4-2-1-3-5-7/h1-6H,(H,15,16). The molecular weight excluding hydrogens is 228 g/mol. The SMILES string of the molecule is O=C(O)c1c(-c2ccccc2)cnnc1Cl. The zero-order valence-corrected chi connectivity index (χ0v) is 8.85. The van der Waals surface area contributed by atoms with Gasteiger partial charge in [0.1, 0.15) is 5.56 Å². The number of carboxylic acids is 1. The predicted molar refractivity (Wildman–Crippen MR) is 59.4 cm³/mol. The van der Waals surface area contributed by atoms with Crippen molar-refractivity contribution < 1.29 is 9.90 Å². The molecule has 0 aliphatic carbocycles. The van der Waals surface area contributed by atoms with E-state index in [0.717, 1.165) is 5.56 Å². The highest BCUT2D eigenvalue weighted by Gasteiger charge is 2.17. The second-order valence-corrected chi connectivity index (χ2v) is 3.45. The highest BCUT2D eigenvalue weighted by Crippen LogP contribution is 2.26. The van der Waals surface area contributed by atoms with Gasteiger partial charge in [-0.3, -0.25) is 0 Å². The molecule has 0 saturated heterocycles. The summed E-state index contributed by atoms with van der Waals surface area (Å²) < 4.78 is 0. The van der Waals surface area contributed by atoms with Gasteiger partial charge < -0.3 is 5.11 Å². The summed E-state index contributed by atoms with van der Waals surface area (Å²) in [5.74, 6) is -1.11. The van der Waals surface area contributed by atoms with Crippen molar-refractivity contribution in [2.45, 2.75) is 0 Å².